The number of benzene rings is 1. The highest BCUT2D eigenvalue weighted by molar-refractivity contribution is 7.14. The molecule has 4 rings (SSSR count). The maximum absolute atomic E-state index is 12.1. The lowest BCUT2D eigenvalue weighted by Gasteiger charge is -2.28. The Balaban J connectivity index is 1.53. The largest absolute Gasteiger partial charge is 0.378 e. The molecule has 14 heteroatoms. The molecule has 0 unspecified atom stereocenters. The molecule has 3 N–H and O–H groups in total. The Morgan fingerprint density at radius 1 is 1.21 bits per heavy atom. The van der Waals surface area contributed by atoms with Gasteiger partial charge in [-0.15, -0.1) is 11.3 Å². The number of nitrogens with one attached hydrogen (secondary N) is 3. The minimum atomic E-state index is -0.841. The van der Waals surface area contributed by atoms with E-state index in [-0.39, 0.29) is 34.4 Å². The third-order valence-corrected chi connectivity index (χ3v) is 5.61. The Morgan fingerprint density at radius 2 is 1.97 bits per heavy atom. The van der Waals surface area contributed by atoms with Crippen molar-refractivity contribution in [2.75, 3.05) is 41.8 Å². The van der Waals surface area contributed by atoms with Crippen LogP contribution in [0.2, 0.25) is 0 Å². The molecule has 0 saturated carbocycles. The van der Waals surface area contributed by atoms with Gasteiger partial charge >= 0.3 is 11.7 Å². The maximum Gasteiger partial charge on any atom is 0.365 e. The van der Waals surface area contributed by atoms with E-state index >= 15 is 0 Å². The van der Waals surface area contributed by atoms with Crippen LogP contribution in [0.25, 0.3) is 0 Å². The number of nitrogens with zero attached hydrogens (tertiary/aromatic N) is 4. The molecule has 1 fully saturated rings. The van der Waals surface area contributed by atoms with E-state index in [1.807, 2.05) is 29.7 Å². The topological polar surface area (TPSA) is 161 Å². The van der Waals surface area contributed by atoms with Gasteiger partial charge in [-0.1, -0.05) is 0 Å². The van der Waals surface area contributed by atoms with E-state index in [1.54, 1.807) is 5.38 Å². The Labute approximate surface area is 196 Å². The minimum Gasteiger partial charge on any atom is -0.378 e. The van der Waals surface area contributed by atoms with E-state index in [9.17, 15) is 19.7 Å². The van der Waals surface area contributed by atoms with Gasteiger partial charge in [0.25, 0.3) is 0 Å². The van der Waals surface area contributed by atoms with Crippen LogP contribution in [0.5, 0.6) is 0 Å². The van der Waals surface area contributed by atoms with Gasteiger partial charge in [0.2, 0.25) is 18.2 Å². The molecule has 0 radical (unpaired) electrons. The molecule has 3 heterocycles. The SMILES string of the molecule is O=CNOC(=O)c1ccsc1Nc1nc(Nc2ccc(N3CCOCC3)cc2)ncc1[N+](=O)[O-]. The number of carbonyl (C=O) groups is 2. The second-order valence-corrected chi connectivity index (χ2v) is 7.79. The zero-order valence-electron chi connectivity index (χ0n) is 17.6. The van der Waals surface area contributed by atoms with Crippen LogP contribution in [0, 0.1) is 10.1 Å². The zero-order chi connectivity index (χ0) is 23.9. The quantitative estimate of drug-likeness (QED) is 0.232. The number of anilines is 5. The molecule has 1 saturated heterocycles. The first-order valence-electron chi connectivity index (χ1n) is 10.0. The van der Waals surface area contributed by atoms with Crippen molar-refractivity contribution < 1.29 is 24.1 Å². The summed E-state index contributed by atoms with van der Waals surface area (Å²) in [4.78, 5) is 48.3. The van der Waals surface area contributed by atoms with Crippen molar-refractivity contribution in [3.8, 4) is 0 Å². The van der Waals surface area contributed by atoms with Crippen LogP contribution in [0.15, 0.2) is 41.9 Å². The molecule has 0 aliphatic carbocycles. The maximum atomic E-state index is 12.1. The van der Waals surface area contributed by atoms with Crippen LogP contribution < -0.4 is 21.0 Å². The van der Waals surface area contributed by atoms with Crippen molar-refractivity contribution in [2.45, 2.75) is 0 Å². The third-order valence-electron chi connectivity index (χ3n) is 4.78. The molecule has 0 spiro atoms. The lowest BCUT2D eigenvalue weighted by atomic mass is 10.2. The van der Waals surface area contributed by atoms with Crippen molar-refractivity contribution in [1.29, 1.82) is 0 Å². The van der Waals surface area contributed by atoms with Gasteiger partial charge in [0.1, 0.15) is 11.2 Å². The average molecular weight is 485 g/mol. The molecule has 1 amide bonds. The van der Waals surface area contributed by atoms with Gasteiger partial charge in [0, 0.05) is 24.5 Å². The zero-order valence-corrected chi connectivity index (χ0v) is 18.4. The fourth-order valence-corrected chi connectivity index (χ4v) is 3.95. The van der Waals surface area contributed by atoms with E-state index < -0.39 is 10.9 Å². The molecular formula is C20H19N7O6S. The van der Waals surface area contributed by atoms with Gasteiger partial charge in [-0.2, -0.15) is 10.5 Å². The number of nitro groups is 1. The summed E-state index contributed by atoms with van der Waals surface area (Å²) in [6, 6.07) is 9.07. The summed E-state index contributed by atoms with van der Waals surface area (Å²) in [6.07, 6.45) is 1.28. The Morgan fingerprint density at radius 3 is 2.68 bits per heavy atom. The first kappa shape index (κ1) is 22.9. The normalized spacial score (nSPS) is 13.1. The summed E-state index contributed by atoms with van der Waals surface area (Å²) in [5.41, 5.74) is 3.25. The predicted molar refractivity (Wildman–Crippen MR) is 124 cm³/mol. The van der Waals surface area contributed by atoms with E-state index in [1.165, 1.54) is 6.07 Å². The smallest absolute Gasteiger partial charge is 0.365 e. The number of thiophene rings is 1. The van der Waals surface area contributed by atoms with E-state index in [0.29, 0.717) is 18.9 Å². The van der Waals surface area contributed by atoms with Crippen molar-refractivity contribution in [2.24, 2.45) is 0 Å². The molecule has 2 aromatic heterocycles. The van der Waals surface area contributed by atoms with Gasteiger partial charge in [-0.3, -0.25) is 14.9 Å². The highest BCUT2D eigenvalue weighted by atomic mass is 32.1. The third kappa shape index (κ3) is 5.36. The summed E-state index contributed by atoms with van der Waals surface area (Å²) in [5.74, 6) is -0.839. The average Bonchev–Trinajstić information content (AvgIpc) is 3.32. The van der Waals surface area contributed by atoms with Crippen molar-refractivity contribution in [1.82, 2.24) is 15.4 Å². The number of morpholine rings is 1. The van der Waals surface area contributed by atoms with E-state index in [0.717, 1.165) is 36.3 Å². The van der Waals surface area contributed by atoms with Crippen LogP contribution in [0.4, 0.5) is 33.8 Å². The molecule has 0 bridgehead atoms. The highest BCUT2D eigenvalue weighted by Crippen LogP contribution is 2.32. The summed E-state index contributed by atoms with van der Waals surface area (Å²) in [6.45, 7) is 3.00. The number of hydrogen-bond donors (Lipinski definition) is 3. The summed E-state index contributed by atoms with van der Waals surface area (Å²) in [7, 11) is 0. The van der Waals surface area contributed by atoms with Gasteiger partial charge in [0.15, 0.2) is 0 Å². The van der Waals surface area contributed by atoms with E-state index in [2.05, 4.69) is 30.3 Å². The summed E-state index contributed by atoms with van der Waals surface area (Å²) >= 11 is 1.11. The second kappa shape index (κ2) is 10.5. The summed E-state index contributed by atoms with van der Waals surface area (Å²) < 4.78 is 5.37. The van der Waals surface area contributed by atoms with Crippen molar-refractivity contribution in [3.05, 3.63) is 57.6 Å². The van der Waals surface area contributed by atoms with Crippen molar-refractivity contribution >= 4 is 57.5 Å². The van der Waals surface area contributed by atoms with Crippen molar-refractivity contribution in [3.63, 3.8) is 0 Å². The monoisotopic (exact) mass is 485 g/mol. The molecule has 0 atom stereocenters. The molecule has 1 aliphatic heterocycles. The number of hydroxylamine groups is 1. The fourth-order valence-electron chi connectivity index (χ4n) is 3.17. The Kier molecular flexibility index (Phi) is 7.10. The lowest BCUT2D eigenvalue weighted by molar-refractivity contribution is -0.384. The van der Waals surface area contributed by atoms with Crippen LogP contribution in [0.3, 0.4) is 0 Å². The summed E-state index contributed by atoms with van der Waals surface area (Å²) in [5, 5.41) is 19.1. The van der Waals surface area contributed by atoms with Crippen LogP contribution in [-0.4, -0.2) is 53.6 Å². The lowest BCUT2D eigenvalue weighted by Crippen LogP contribution is -2.36. The highest BCUT2D eigenvalue weighted by Gasteiger charge is 2.22. The van der Waals surface area contributed by atoms with Gasteiger partial charge in [-0.25, -0.2) is 9.78 Å². The first-order chi connectivity index (χ1) is 16.5. The Bertz CT molecular complexity index is 1180. The molecule has 3 aromatic rings. The van der Waals surface area contributed by atoms with Crippen LogP contribution >= 0.6 is 11.3 Å². The fraction of sp³-hybridized carbons (Fsp3) is 0.200. The molecule has 13 nitrogen and oxygen atoms in total. The molecular weight excluding hydrogens is 466 g/mol. The second-order valence-electron chi connectivity index (χ2n) is 6.87. The first-order valence-corrected chi connectivity index (χ1v) is 10.9. The molecule has 1 aliphatic rings. The molecule has 1 aromatic carbocycles. The van der Waals surface area contributed by atoms with Gasteiger partial charge in [-0.05, 0) is 35.7 Å². The number of amides is 1. The number of carbonyl (C=O) groups excluding carboxylic acids is 2. The van der Waals surface area contributed by atoms with Gasteiger partial charge < -0.3 is 25.1 Å². The standard InChI is InChI=1S/C20H19N7O6S/c28-12-22-33-19(29)15-5-10-34-18(15)24-17-16(27(30)31)11-21-20(25-17)23-13-1-3-14(4-2-13)26-6-8-32-9-7-26/h1-5,10-12H,6-9H2,(H,22,28)(H2,21,23,24,25). The number of hydrogen-bond acceptors (Lipinski definition) is 12. The number of ether oxygens (including phenoxy) is 1. The molecule has 176 valence electrons. The molecule has 34 heavy (non-hydrogen) atoms. The van der Waals surface area contributed by atoms with Crippen LogP contribution in [-0.2, 0) is 14.4 Å². The predicted octanol–water partition coefficient (Wildman–Crippen LogP) is 2.59. The number of aromatic nitrogens is 2. The van der Waals surface area contributed by atoms with Crippen LogP contribution in [0.1, 0.15) is 10.4 Å². The number of rotatable bonds is 9. The van der Waals surface area contributed by atoms with E-state index in [4.69, 9.17) is 4.74 Å². The minimum absolute atomic E-state index is 0.0699. The Hall–Kier alpha value is -4.30. The van der Waals surface area contributed by atoms with Gasteiger partial charge in [0.05, 0.1) is 23.7 Å².